The van der Waals surface area contributed by atoms with E-state index in [-0.39, 0.29) is 11.8 Å². The molecule has 6 nitrogen and oxygen atoms in total. The first-order valence-electron chi connectivity index (χ1n) is 9.43. The van der Waals surface area contributed by atoms with E-state index in [0.717, 1.165) is 52.0 Å². The van der Waals surface area contributed by atoms with Gasteiger partial charge in [0.1, 0.15) is 0 Å². The smallest absolute Gasteiger partial charge is 0.227 e. The Morgan fingerprint density at radius 3 is 2.42 bits per heavy atom. The Balaban J connectivity index is 1.46. The highest BCUT2D eigenvalue weighted by Gasteiger charge is 2.33. The Morgan fingerprint density at radius 2 is 1.77 bits per heavy atom. The van der Waals surface area contributed by atoms with Gasteiger partial charge in [0.15, 0.2) is 0 Å². The van der Waals surface area contributed by atoms with E-state index in [4.69, 9.17) is 0 Å². The SMILES string of the molecule is CS(=O)(=O)N1CCCC(C(=O)N2CCN(CCc3ccccc3)CC2)C1. The topological polar surface area (TPSA) is 60.9 Å². The Hall–Kier alpha value is -1.44. The van der Waals surface area contributed by atoms with Gasteiger partial charge in [0.25, 0.3) is 0 Å². The number of benzene rings is 1. The van der Waals surface area contributed by atoms with Crippen LogP contribution < -0.4 is 0 Å². The summed E-state index contributed by atoms with van der Waals surface area (Å²) in [4.78, 5) is 17.1. The third-order valence-electron chi connectivity index (χ3n) is 5.45. The van der Waals surface area contributed by atoms with Gasteiger partial charge in [0.2, 0.25) is 15.9 Å². The molecular weight excluding hydrogens is 350 g/mol. The summed E-state index contributed by atoms with van der Waals surface area (Å²) < 4.78 is 25.0. The van der Waals surface area contributed by atoms with E-state index in [9.17, 15) is 13.2 Å². The maximum Gasteiger partial charge on any atom is 0.227 e. The fourth-order valence-corrected chi connectivity index (χ4v) is 4.74. The number of nitrogens with zero attached hydrogens (tertiary/aromatic N) is 3. The maximum atomic E-state index is 12.8. The van der Waals surface area contributed by atoms with Crippen LogP contribution in [0.4, 0.5) is 0 Å². The van der Waals surface area contributed by atoms with Gasteiger partial charge in [0, 0.05) is 45.8 Å². The van der Waals surface area contributed by atoms with Gasteiger partial charge in [-0.15, -0.1) is 0 Å². The Labute approximate surface area is 156 Å². The fraction of sp³-hybridized carbons (Fsp3) is 0.632. The zero-order chi connectivity index (χ0) is 18.6. The van der Waals surface area contributed by atoms with Crippen molar-refractivity contribution in [1.29, 1.82) is 0 Å². The van der Waals surface area contributed by atoms with Crippen molar-refractivity contribution in [2.24, 2.45) is 5.92 Å². The monoisotopic (exact) mass is 379 g/mol. The Bertz CT molecular complexity index is 700. The molecule has 2 fully saturated rings. The minimum atomic E-state index is -3.21. The van der Waals surface area contributed by atoms with Crippen molar-refractivity contribution in [2.75, 3.05) is 52.1 Å². The van der Waals surface area contributed by atoms with Crippen molar-refractivity contribution in [3.63, 3.8) is 0 Å². The molecule has 1 aromatic rings. The van der Waals surface area contributed by atoms with Gasteiger partial charge < -0.3 is 4.90 Å². The normalized spacial score (nSPS) is 23.1. The van der Waals surface area contributed by atoms with Crippen LogP contribution in [0.25, 0.3) is 0 Å². The molecule has 0 aliphatic carbocycles. The van der Waals surface area contributed by atoms with E-state index >= 15 is 0 Å². The number of rotatable bonds is 5. The van der Waals surface area contributed by atoms with Gasteiger partial charge in [-0.05, 0) is 24.8 Å². The van der Waals surface area contributed by atoms with Crippen molar-refractivity contribution >= 4 is 15.9 Å². The van der Waals surface area contributed by atoms with Crippen LogP contribution in [0.2, 0.25) is 0 Å². The zero-order valence-electron chi connectivity index (χ0n) is 15.5. The molecule has 144 valence electrons. The summed E-state index contributed by atoms with van der Waals surface area (Å²) in [6, 6.07) is 10.5. The average molecular weight is 380 g/mol. The number of amides is 1. The van der Waals surface area contributed by atoms with Crippen LogP contribution >= 0.6 is 0 Å². The Kier molecular flexibility index (Phi) is 6.32. The van der Waals surface area contributed by atoms with Gasteiger partial charge in [-0.3, -0.25) is 9.69 Å². The molecule has 1 aromatic carbocycles. The predicted octanol–water partition coefficient (Wildman–Crippen LogP) is 1.04. The molecule has 0 radical (unpaired) electrons. The third kappa shape index (κ3) is 5.05. The van der Waals surface area contributed by atoms with E-state index in [1.165, 1.54) is 16.1 Å². The summed E-state index contributed by atoms with van der Waals surface area (Å²) in [5, 5.41) is 0. The number of piperazine rings is 1. The minimum Gasteiger partial charge on any atom is -0.340 e. The molecule has 0 spiro atoms. The number of hydrogen-bond donors (Lipinski definition) is 0. The number of hydrogen-bond acceptors (Lipinski definition) is 4. The molecule has 0 N–H and O–H groups in total. The van der Waals surface area contributed by atoms with E-state index in [1.54, 1.807) is 0 Å². The summed E-state index contributed by atoms with van der Waals surface area (Å²) in [5.74, 6) is -0.0598. The van der Waals surface area contributed by atoms with Crippen LogP contribution in [0.15, 0.2) is 30.3 Å². The standard InChI is InChI=1S/C19H29N3O3S/c1-26(24,25)22-10-5-8-18(16-22)19(23)21-14-12-20(13-15-21)11-9-17-6-3-2-4-7-17/h2-4,6-7,18H,5,8-16H2,1H3. The lowest BCUT2D eigenvalue weighted by molar-refractivity contribution is -0.138. The van der Waals surface area contributed by atoms with Crippen molar-refractivity contribution in [1.82, 2.24) is 14.1 Å². The maximum absolute atomic E-state index is 12.8. The average Bonchev–Trinajstić information content (AvgIpc) is 2.66. The van der Waals surface area contributed by atoms with Crippen molar-refractivity contribution in [3.05, 3.63) is 35.9 Å². The second-order valence-corrected chi connectivity index (χ2v) is 9.35. The molecule has 0 saturated carbocycles. The molecule has 3 rings (SSSR count). The van der Waals surface area contributed by atoms with Gasteiger partial charge >= 0.3 is 0 Å². The predicted molar refractivity (Wildman–Crippen MR) is 102 cm³/mol. The summed E-state index contributed by atoms with van der Waals surface area (Å²) in [7, 11) is -3.21. The fourth-order valence-electron chi connectivity index (χ4n) is 3.83. The van der Waals surface area contributed by atoms with E-state index in [2.05, 4.69) is 29.2 Å². The Morgan fingerprint density at radius 1 is 1.08 bits per heavy atom. The second-order valence-electron chi connectivity index (χ2n) is 7.36. The van der Waals surface area contributed by atoms with E-state index < -0.39 is 10.0 Å². The summed E-state index contributed by atoms with van der Waals surface area (Å²) in [6.07, 6.45) is 3.81. The number of carbonyl (C=O) groups excluding carboxylic acids is 1. The molecule has 2 saturated heterocycles. The molecule has 2 heterocycles. The molecule has 1 amide bonds. The lowest BCUT2D eigenvalue weighted by atomic mass is 9.97. The highest BCUT2D eigenvalue weighted by molar-refractivity contribution is 7.88. The largest absolute Gasteiger partial charge is 0.340 e. The zero-order valence-corrected chi connectivity index (χ0v) is 16.3. The first-order chi connectivity index (χ1) is 12.4. The number of piperidine rings is 1. The third-order valence-corrected chi connectivity index (χ3v) is 6.72. The van der Waals surface area contributed by atoms with Crippen LogP contribution in [0.1, 0.15) is 18.4 Å². The molecule has 1 unspecified atom stereocenters. The lowest BCUT2D eigenvalue weighted by Crippen LogP contribution is -2.53. The van der Waals surface area contributed by atoms with Gasteiger partial charge in [0.05, 0.1) is 12.2 Å². The second kappa shape index (κ2) is 8.50. The van der Waals surface area contributed by atoms with Gasteiger partial charge in [-0.2, -0.15) is 0 Å². The minimum absolute atomic E-state index is 0.126. The number of sulfonamides is 1. The lowest BCUT2D eigenvalue weighted by Gasteiger charge is -2.38. The molecule has 0 aromatic heterocycles. The quantitative estimate of drug-likeness (QED) is 0.767. The van der Waals surface area contributed by atoms with Crippen LogP contribution in [0, 0.1) is 5.92 Å². The van der Waals surface area contributed by atoms with Gasteiger partial charge in [-0.25, -0.2) is 12.7 Å². The van der Waals surface area contributed by atoms with Crippen LogP contribution in [-0.2, 0) is 21.2 Å². The van der Waals surface area contributed by atoms with Crippen LogP contribution in [0.5, 0.6) is 0 Å². The molecule has 2 aliphatic rings. The van der Waals surface area contributed by atoms with E-state index in [0.29, 0.717) is 13.1 Å². The molecule has 26 heavy (non-hydrogen) atoms. The molecular formula is C19H29N3O3S. The molecule has 1 atom stereocenters. The molecule has 0 bridgehead atoms. The summed E-state index contributed by atoms with van der Waals surface area (Å²) in [6.45, 7) is 5.15. The van der Waals surface area contributed by atoms with E-state index in [1.807, 2.05) is 11.0 Å². The van der Waals surface area contributed by atoms with Crippen molar-refractivity contribution < 1.29 is 13.2 Å². The van der Waals surface area contributed by atoms with Crippen LogP contribution in [-0.4, -0.2) is 80.5 Å². The van der Waals surface area contributed by atoms with Crippen LogP contribution in [0.3, 0.4) is 0 Å². The summed E-state index contributed by atoms with van der Waals surface area (Å²) in [5.41, 5.74) is 1.34. The highest BCUT2D eigenvalue weighted by Crippen LogP contribution is 2.21. The van der Waals surface area contributed by atoms with Gasteiger partial charge in [-0.1, -0.05) is 30.3 Å². The highest BCUT2D eigenvalue weighted by atomic mass is 32.2. The van der Waals surface area contributed by atoms with Crippen molar-refractivity contribution in [2.45, 2.75) is 19.3 Å². The molecule has 7 heteroatoms. The summed E-state index contributed by atoms with van der Waals surface area (Å²) >= 11 is 0. The molecule has 2 aliphatic heterocycles. The first kappa shape index (κ1) is 19.3. The van der Waals surface area contributed by atoms with Crippen molar-refractivity contribution in [3.8, 4) is 0 Å². The number of carbonyl (C=O) groups is 1. The first-order valence-corrected chi connectivity index (χ1v) is 11.3.